The summed E-state index contributed by atoms with van der Waals surface area (Å²) in [7, 11) is 0. The van der Waals surface area contributed by atoms with Crippen molar-refractivity contribution in [3.63, 3.8) is 0 Å². The molecule has 3 spiro atoms. The van der Waals surface area contributed by atoms with Crippen LogP contribution in [0, 0.1) is 52.8 Å². The van der Waals surface area contributed by atoms with Crippen molar-refractivity contribution >= 4 is 0 Å². The van der Waals surface area contributed by atoms with Crippen molar-refractivity contribution in [1.82, 2.24) is 0 Å². The number of hydrogen-bond donors (Lipinski definition) is 0. The zero-order valence-corrected chi connectivity index (χ0v) is 48.5. The molecule has 8 aromatic carbocycles. The Hall–Kier alpha value is -8.00. The summed E-state index contributed by atoms with van der Waals surface area (Å²) in [6, 6.07) is 63.2. The van der Waals surface area contributed by atoms with Gasteiger partial charge in [-0.15, -0.1) is 0 Å². The van der Waals surface area contributed by atoms with Gasteiger partial charge in [0.2, 0.25) is 0 Å². The van der Waals surface area contributed by atoms with Crippen LogP contribution in [0.2, 0.25) is 0 Å². The lowest BCUT2D eigenvalue weighted by molar-refractivity contribution is -0.0735. The van der Waals surface area contributed by atoms with Gasteiger partial charge in [-0.1, -0.05) is 203 Å². The van der Waals surface area contributed by atoms with Gasteiger partial charge in [0.15, 0.2) is 0 Å². The SMILES string of the molecule is CC(C)(C)c1ccc(C#Cc2ccc3c(c2)C2(CC4(C2)CC2(C4)c4cc(C#Cc5ccc(C(C)(C)C)cc5)ccc4-c4ccc(C#Cc5ccc(C(C)(C)C)cc5)cc42)c2cc(C#Cc4ccc(C(C)(C)C)cc4)ccc2-3)cc1. The Balaban J connectivity index is 0.913. The van der Waals surface area contributed by atoms with Crippen LogP contribution in [0.5, 0.6) is 0 Å². The van der Waals surface area contributed by atoms with E-state index in [9.17, 15) is 0 Å². The maximum Gasteiger partial charge on any atom is 0.0252 e. The quantitative estimate of drug-likeness (QED) is 0.133. The zero-order chi connectivity index (χ0) is 55.3. The molecule has 0 aromatic heterocycles. The molecule has 0 heterocycles. The summed E-state index contributed by atoms with van der Waals surface area (Å²) in [6.07, 6.45) is 4.32. The Morgan fingerprint density at radius 3 is 0.608 bits per heavy atom. The summed E-state index contributed by atoms with van der Waals surface area (Å²) >= 11 is 0. The number of benzene rings is 8. The molecule has 4 aliphatic rings. The van der Waals surface area contributed by atoms with Gasteiger partial charge >= 0.3 is 0 Å². The average Bonchev–Trinajstić information content (AvgIpc) is 1.91. The first-order valence-corrected chi connectivity index (χ1v) is 28.6. The highest BCUT2D eigenvalue weighted by Gasteiger charge is 2.69. The van der Waals surface area contributed by atoms with Gasteiger partial charge in [-0.05, 0) is 217 Å². The largest absolute Gasteiger partial charge is 0.0617 e. The molecule has 0 unspecified atom stereocenters. The van der Waals surface area contributed by atoms with Crippen molar-refractivity contribution in [2.45, 2.75) is 141 Å². The minimum absolute atomic E-state index is 0.0952. The molecule has 0 nitrogen and oxygen atoms in total. The van der Waals surface area contributed by atoms with E-state index in [0.29, 0.717) is 0 Å². The third kappa shape index (κ3) is 9.56. The molecule has 388 valence electrons. The molecule has 0 bridgehead atoms. The molecule has 0 amide bonds. The first-order chi connectivity index (χ1) is 37.5. The lowest BCUT2D eigenvalue weighted by atomic mass is 9.36. The van der Waals surface area contributed by atoms with Crippen molar-refractivity contribution in [3.05, 3.63) is 259 Å². The summed E-state index contributed by atoms with van der Waals surface area (Å²) < 4.78 is 0. The number of fused-ring (bicyclic) bond motifs is 10. The second kappa shape index (κ2) is 18.6. The normalized spacial score (nSPS) is 15.5. The van der Waals surface area contributed by atoms with Crippen LogP contribution in [-0.4, -0.2) is 0 Å². The Labute approximate surface area is 472 Å². The van der Waals surface area contributed by atoms with Gasteiger partial charge in [-0.25, -0.2) is 0 Å². The zero-order valence-electron chi connectivity index (χ0n) is 48.5. The summed E-state index contributed by atoms with van der Waals surface area (Å²) in [5, 5.41) is 0. The molecule has 0 radical (unpaired) electrons. The van der Waals surface area contributed by atoms with Crippen LogP contribution in [0.4, 0.5) is 0 Å². The fraction of sp³-hybridized carbons (Fsp3) is 0.291. The van der Waals surface area contributed by atoms with Crippen molar-refractivity contribution in [1.29, 1.82) is 0 Å². The average molecular weight is 1020 g/mol. The second-order valence-electron chi connectivity index (χ2n) is 27.7. The summed E-state index contributed by atoms with van der Waals surface area (Å²) in [4.78, 5) is 0. The summed E-state index contributed by atoms with van der Waals surface area (Å²) in [6.45, 7) is 27.1. The smallest absolute Gasteiger partial charge is 0.0252 e. The van der Waals surface area contributed by atoms with Gasteiger partial charge in [0.05, 0.1) is 0 Å². The van der Waals surface area contributed by atoms with Crippen molar-refractivity contribution in [2.75, 3.05) is 0 Å². The van der Waals surface area contributed by atoms with Crippen LogP contribution in [-0.2, 0) is 32.5 Å². The molecule has 0 heteroatoms. The minimum atomic E-state index is -0.139. The van der Waals surface area contributed by atoms with Crippen molar-refractivity contribution in [2.24, 2.45) is 5.41 Å². The number of hydrogen-bond acceptors (Lipinski definition) is 0. The summed E-state index contributed by atoms with van der Waals surface area (Å²) in [5.41, 5.74) is 24.9. The van der Waals surface area contributed by atoms with E-state index in [1.165, 1.54) is 66.8 Å². The minimum Gasteiger partial charge on any atom is -0.0617 e. The van der Waals surface area contributed by atoms with Crippen molar-refractivity contribution < 1.29 is 0 Å². The molecule has 4 aliphatic carbocycles. The van der Waals surface area contributed by atoms with Gasteiger partial charge in [-0.3, -0.25) is 0 Å². The maximum absolute atomic E-state index is 3.61. The first-order valence-electron chi connectivity index (χ1n) is 28.6. The second-order valence-corrected chi connectivity index (χ2v) is 27.7. The lowest BCUT2D eigenvalue weighted by Crippen LogP contribution is -2.61. The van der Waals surface area contributed by atoms with Gasteiger partial charge in [0, 0.05) is 55.3 Å². The highest BCUT2D eigenvalue weighted by atomic mass is 14.7. The van der Waals surface area contributed by atoms with E-state index in [1.807, 2.05) is 0 Å². The lowest BCUT2D eigenvalue weighted by Gasteiger charge is -2.67. The van der Waals surface area contributed by atoms with Crippen LogP contribution < -0.4 is 0 Å². The third-order valence-corrected chi connectivity index (χ3v) is 17.8. The predicted molar refractivity (Wildman–Crippen MR) is 331 cm³/mol. The third-order valence-electron chi connectivity index (χ3n) is 17.8. The molecule has 2 fully saturated rings. The molecule has 2 saturated carbocycles. The van der Waals surface area contributed by atoms with Gasteiger partial charge < -0.3 is 0 Å². The highest BCUT2D eigenvalue weighted by Crippen LogP contribution is 2.78. The number of rotatable bonds is 0. The van der Waals surface area contributed by atoms with Crippen LogP contribution in [0.3, 0.4) is 0 Å². The monoisotopic (exact) mass is 1020 g/mol. The van der Waals surface area contributed by atoms with Gasteiger partial charge in [-0.2, -0.15) is 0 Å². The van der Waals surface area contributed by atoms with E-state index >= 15 is 0 Å². The van der Waals surface area contributed by atoms with Crippen LogP contribution in [0.15, 0.2) is 170 Å². The standard InChI is InChI=1S/C79H72/c1-73(2,3)61-33-21-53(22-34-61)13-17-57-29-41-65-66-42-30-58(18-14-54-23-35-62(36-24-54)74(4,5)6)46-70(66)78(69(65)45-57)49-77(50-78)51-79(52-77)71-47-59(19-15-55-25-37-63(38-26-55)75(7,8)9)31-43-67(71)68-44-32-60(48-72(68)79)20-16-56-27-39-64(40-28-56)76(10,11)12/h21-48H,49-52H2,1-12H3. The Morgan fingerprint density at radius 1 is 0.241 bits per heavy atom. The molecule has 0 saturated heterocycles. The van der Waals surface area contributed by atoms with E-state index in [0.717, 1.165) is 70.2 Å². The Morgan fingerprint density at radius 2 is 0.418 bits per heavy atom. The Bertz CT molecular complexity index is 3480. The van der Waals surface area contributed by atoms with E-state index in [4.69, 9.17) is 0 Å². The maximum atomic E-state index is 3.61. The predicted octanol–water partition coefficient (Wildman–Crippen LogP) is 18.3. The van der Waals surface area contributed by atoms with E-state index in [-0.39, 0.29) is 37.9 Å². The highest BCUT2D eigenvalue weighted by molar-refractivity contribution is 5.86. The van der Waals surface area contributed by atoms with E-state index < -0.39 is 0 Å². The van der Waals surface area contributed by atoms with E-state index in [1.54, 1.807) is 0 Å². The molecule has 0 N–H and O–H groups in total. The molecule has 0 aliphatic heterocycles. The van der Waals surface area contributed by atoms with Crippen molar-refractivity contribution in [3.8, 4) is 69.6 Å². The molecule has 79 heavy (non-hydrogen) atoms. The molecular weight excluding hydrogens is 949 g/mol. The topological polar surface area (TPSA) is 0 Å². The fourth-order valence-electron chi connectivity index (χ4n) is 13.6. The summed E-state index contributed by atoms with van der Waals surface area (Å²) in [5.74, 6) is 28.6. The molecule has 0 atom stereocenters. The molecule has 8 aromatic rings. The first kappa shape index (κ1) is 51.7. The van der Waals surface area contributed by atoms with Crippen LogP contribution >= 0.6 is 0 Å². The van der Waals surface area contributed by atoms with Crippen LogP contribution in [0.25, 0.3) is 22.3 Å². The Kier molecular flexibility index (Phi) is 12.2. The van der Waals surface area contributed by atoms with Crippen LogP contribution in [0.1, 0.15) is 198 Å². The molecule has 12 rings (SSSR count). The fourth-order valence-corrected chi connectivity index (χ4v) is 13.6. The van der Waals surface area contributed by atoms with Gasteiger partial charge in [0.1, 0.15) is 0 Å². The van der Waals surface area contributed by atoms with E-state index in [2.05, 4.69) is 300 Å². The van der Waals surface area contributed by atoms with Gasteiger partial charge in [0.25, 0.3) is 0 Å². The molecular formula is C79H72.